The molecule has 1 atom stereocenters. The van der Waals surface area contributed by atoms with Gasteiger partial charge in [-0.2, -0.15) is 0 Å². The van der Waals surface area contributed by atoms with Crippen molar-refractivity contribution in [3.05, 3.63) is 35.6 Å². The van der Waals surface area contributed by atoms with Crippen molar-refractivity contribution >= 4 is 0 Å². The van der Waals surface area contributed by atoms with Crippen LogP contribution < -0.4 is 5.73 Å². The average Bonchev–Trinajstić information content (AvgIpc) is 2.42. The predicted molar refractivity (Wildman–Crippen MR) is 79.7 cm³/mol. The normalized spacial score (nSPS) is 14.9. The number of hydrogen-bond donors (Lipinski definition) is 1. The van der Waals surface area contributed by atoms with Gasteiger partial charge in [0.1, 0.15) is 5.82 Å². The Morgan fingerprint density at radius 1 is 1.26 bits per heavy atom. The molecular formula is C16H27FN2. The maximum atomic E-state index is 13.8. The zero-order valence-electron chi connectivity index (χ0n) is 12.6. The standard InChI is InChI=1S/C16H27FN2/c1-5-14(6-2)19(4)16(3,12-18)11-13-9-7-8-10-15(13)17/h7-10,14H,5-6,11-12,18H2,1-4H3. The fourth-order valence-electron chi connectivity index (χ4n) is 2.67. The summed E-state index contributed by atoms with van der Waals surface area (Å²) in [5.74, 6) is -0.139. The molecule has 19 heavy (non-hydrogen) atoms. The van der Waals surface area contributed by atoms with E-state index in [0.29, 0.717) is 19.0 Å². The molecule has 0 fully saturated rings. The molecule has 1 unspecified atom stereocenters. The number of halogens is 1. The van der Waals surface area contributed by atoms with E-state index in [1.165, 1.54) is 6.07 Å². The molecule has 0 aliphatic heterocycles. The summed E-state index contributed by atoms with van der Waals surface area (Å²) in [4.78, 5) is 2.32. The van der Waals surface area contributed by atoms with Crippen LogP contribution in [0.4, 0.5) is 4.39 Å². The smallest absolute Gasteiger partial charge is 0.126 e. The molecule has 0 radical (unpaired) electrons. The third-order valence-corrected chi connectivity index (χ3v) is 4.31. The van der Waals surface area contributed by atoms with Crippen LogP contribution in [-0.4, -0.2) is 30.1 Å². The van der Waals surface area contributed by atoms with Gasteiger partial charge >= 0.3 is 0 Å². The van der Waals surface area contributed by atoms with E-state index >= 15 is 0 Å². The molecule has 0 spiro atoms. The van der Waals surface area contributed by atoms with Crippen LogP contribution in [0, 0.1) is 5.82 Å². The minimum Gasteiger partial charge on any atom is -0.329 e. The maximum absolute atomic E-state index is 13.8. The fourth-order valence-corrected chi connectivity index (χ4v) is 2.67. The second kappa shape index (κ2) is 7.01. The van der Waals surface area contributed by atoms with Crippen LogP contribution in [-0.2, 0) is 6.42 Å². The number of likely N-dealkylation sites (N-methyl/N-ethyl adjacent to an activating group) is 1. The van der Waals surface area contributed by atoms with Crippen molar-refractivity contribution in [3.8, 4) is 0 Å². The number of rotatable bonds is 7. The van der Waals surface area contributed by atoms with Crippen LogP contribution >= 0.6 is 0 Å². The molecule has 0 saturated carbocycles. The first kappa shape index (κ1) is 16.1. The van der Waals surface area contributed by atoms with Gasteiger partial charge in [-0.1, -0.05) is 32.0 Å². The van der Waals surface area contributed by atoms with Gasteiger partial charge in [-0.25, -0.2) is 4.39 Å². The van der Waals surface area contributed by atoms with Crippen LogP contribution in [0.25, 0.3) is 0 Å². The van der Waals surface area contributed by atoms with E-state index in [1.54, 1.807) is 6.07 Å². The zero-order valence-corrected chi connectivity index (χ0v) is 12.6. The minimum atomic E-state index is -0.209. The van der Waals surface area contributed by atoms with E-state index < -0.39 is 0 Å². The lowest BCUT2D eigenvalue weighted by Crippen LogP contribution is -2.55. The van der Waals surface area contributed by atoms with Gasteiger partial charge in [0.15, 0.2) is 0 Å². The molecule has 1 aromatic carbocycles. The maximum Gasteiger partial charge on any atom is 0.126 e. The number of nitrogens with zero attached hydrogens (tertiary/aromatic N) is 1. The Hall–Kier alpha value is -0.930. The highest BCUT2D eigenvalue weighted by atomic mass is 19.1. The Balaban J connectivity index is 2.94. The van der Waals surface area contributed by atoms with Crippen LogP contribution in [0.3, 0.4) is 0 Å². The van der Waals surface area contributed by atoms with Crippen molar-refractivity contribution < 1.29 is 4.39 Å². The second-order valence-corrected chi connectivity index (χ2v) is 5.55. The molecule has 0 heterocycles. The topological polar surface area (TPSA) is 29.3 Å². The van der Waals surface area contributed by atoms with E-state index in [9.17, 15) is 4.39 Å². The molecule has 0 saturated heterocycles. The van der Waals surface area contributed by atoms with Gasteiger partial charge in [0.2, 0.25) is 0 Å². The van der Waals surface area contributed by atoms with E-state index in [4.69, 9.17) is 5.73 Å². The summed E-state index contributed by atoms with van der Waals surface area (Å²) >= 11 is 0. The molecule has 0 bridgehead atoms. The summed E-state index contributed by atoms with van der Waals surface area (Å²) in [5, 5.41) is 0. The lowest BCUT2D eigenvalue weighted by atomic mass is 9.89. The van der Waals surface area contributed by atoms with Gasteiger partial charge in [0, 0.05) is 18.1 Å². The Bertz CT molecular complexity index is 390. The van der Waals surface area contributed by atoms with E-state index in [-0.39, 0.29) is 11.4 Å². The van der Waals surface area contributed by atoms with Gasteiger partial charge in [0.25, 0.3) is 0 Å². The van der Waals surface area contributed by atoms with E-state index in [0.717, 1.165) is 18.4 Å². The van der Waals surface area contributed by atoms with Gasteiger partial charge in [0.05, 0.1) is 0 Å². The Morgan fingerprint density at radius 3 is 2.32 bits per heavy atom. The SMILES string of the molecule is CCC(CC)N(C)C(C)(CN)Cc1ccccc1F. The number of benzene rings is 1. The van der Waals surface area contributed by atoms with Gasteiger partial charge in [-0.05, 0) is 44.9 Å². The molecule has 2 N–H and O–H groups in total. The summed E-state index contributed by atoms with van der Waals surface area (Å²) in [5.41, 5.74) is 6.52. The van der Waals surface area contributed by atoms with Gasteiger partial charge in [-0.3, -0.25) is 4.90 Å². The van der Waals surface area contributed by atoms with Crippen molar-refractivity contribution in [1.29, 1.82) is 0 Å². The minimum absolute atomic E-state index is 0.139. The molecule has 0 aliphatic carbocycles. The lowest BCUT2D eigenvalue weighted by molar-refractivity contribution is 0.0860. The highest BCUT2D eigenvalue weighted by Gasteiger charge is 2.32. The largest absolute Gasteiger partial charge is 0.329 e. The zero-order chi connectivity index (χ0) is 14.5. The average molecular weight is 266 g/mol. The predicted octanol–water partition coefficient (Wildman–Crippen LogP) is 3.21. The molecule has 2 nitrogen and oxygen atoms in total. The Morgan fingerprint density at radius 2 is 1.84 bits per heavy atom. The van der Waals surface area contributed by atoms with Crippen LogP contribution in [0.5, 0.6) is 0 Å². The molecule has 0 amide bonds. The van der Waals surface area contributed by atoms with Crippen LogP contribution in [0.1, 0.15) is 39.2 Å². The molecule has 3 heteroatoms. The van der Waals surface area contributed by atoms with Crippen molar-refractivity contribution in [1.82, 2.24) is 4.90 Å². The van der Waals surface area contributed by atoms with E-state index in [1.807, 2.05) is 12.1 Å². The van der Waals surface area contributed by atoms with Gasteiger partial charge in [-0.15, -0.1) is 0 Å². The van der Waals surface area contributed by atoms with Crippen LogP contribution in [0.2, 0.25) is 0 Å². The van der Waals surface area contributed by atoms with E-state index in [2.05, 4.69) is 32.7 Å². The highest BCUT2D eigenvalue weighted by molar-refractivity contribution is 5.20. The quantitative estimate of drug-likeness (QED) is 0.821. The molecular weight excluding hydrogens is 239 g/mol. The summed E-state index contributed by atoms with van der Waals surface area (Å²) in [7, 11) is 2.10. The molecule has 0 aromatic heterocycles. The van der Waals surface area contributed by atoms with Gasteiger partial charge < -0.3 is 5.73 Å². The number of hydrogen-bond acceptors (Lipinski definition) is 2. The monoisotopic (exact) mass is 266 g/mol. The number of nitrogens with two attached hydrogens (primary N) is 1. The summed E-state index contributed by atoms with van der Waals surface area (Å²) in [6.45, 7) is 7.02. The lowest BCUT2D eigenvalue weighted by Gasteiger charge is -2.43. The highest BCUT2D eigenvalue weighted by Crippen LogP contribution is 2.24. The van der Waals surface area contributed by atoms with Crippen molar-refractivity contribution in [2.45, 2.75) is 51.6 Å². The first-order chi connectivity index (χ1) is 8.98. The van der Waals surface area contributed by atoms with Crippen LogP contribution in [0.15, 0.2) is 24.3 Å². The summed E-state index contributed by atoms with van der Waals surface area (Å²) in [6.07, 6.45) is 2.81. The third-order valence-electron chi connectivity index (χ3n) is 4.31. The van der Waals surface area contributed by atoms with Crippen molar-refractivity contribution in [2.75, 3.05) is 13.6 Å². The first-order valence-corrected chi connectivity index (χ1v) is 7.14. The second-order valence-electron chi connectivity index (χ2n) is 5.55. The Labute approximate surface area is 116 Å². The van der Waals surface area contributed by atoms with Crippen molar-refractivity contribution in [3.63, 3.8) is 0 Å². The summed E-state index contributed by atoms with van der Waals surface area (Å²) in [6, 6.07) is 7.46. The Kier molecular flexibility index (Phi) is 5.95. The summed E-state index contributed by atoms with van der Waals surface area (Å²) < 4.78 is 13.8. The van der Waals surface area contributed by atoms with Crippen molar-refractivity contribution in [2.24, 2.45) is 5.73 Å². The molecule has 1 aromatic rings. The third kappa shape index (κ3) is 3.77. The molecule has 108 valence electrons. The first-order valence-electron chi connectivity index (χ1n) is 7.14. The fraction of sp³-hybridized carbons (Fsp3) is 0.625. The molecule has 1 rings (SSSR count). The molecule has 0 aliphatic rings.